The number of nitro groups is 1. The number of esters is 1. The second-order valence-electron chi connectivity index (χ2n) is 4.30. The van der Waals surface area contributed by atoms with E-state index in [1.165, 1.54) is 12.1 Å². The molecule has 0 saturated heterocycles. The van der Waals surface area contributed by atoms with Crippen LogP contribution in [0.2, 0.25) is 5.02 Å². The van der Waals surface area contributed by atoms with Crippen molar-refractivity contribution in [1.82, 2.24) is 0 Å². The summed E-state index contributed by atoms with van der Waals surface area (Å²) < 4.78 is 10.2. The van der Waals surface area contributed by atoms with Gasteiger partial charge in [-0.15, -0.1) is 0 Å². The van der Waals surface area contributed by atoms with Crippen LogP contribution in [0.4, 0.5) is 5.69 Å². The van der Waals surface area contributed by atoms with Crippen LogP contribution in [-0.2, 0) is 9.53 Å². The number of hydrogen-bond acceptors (Lipinski definition) is 6. The van der Waals surface area contributed by atoms with Crippen molar-refractivity contribution in [3.8, 4) is 5.75 Å². The third-order valence-electron chi connectivity index (χ3n) is 2.77. The minimum absolute atomic E-state index is 0.0883. The Morgan fingerprint density at radius 1 is 1.41 bits per heavy atom. The predicted octanol–water partition coefficient (Wildman–Crippen LogP) is 3.17. The van der Waals surface area contributed by atoms with E-state index in [0.717, 1.165) is 0 Å². The molecule has 0 saturated carbocycles. The summed E-state index contributed by atoms with van der Waals surface area (Å²) in [6.45, 7) is 2.36. The topological polar surface area (TPSA) is 95.7 Å². The van der Waals surface area contributed by atoms with E-state index < -0.39 is 4.92 Å². The molecule has 0 radical (unpaired) electrons. The molecule has 0 N–H and O–H groups in total. The zero-order valence-electron chi connectivity index (χ0n) is 12.0. The summed E-state index contributed by atoms with van der Waals surface area (Å²) in [6.07, 6.45) is 1.80. The van der Waals surface area contributed by atoms with Gasteiger partial charge in [-0.1, -0.05) is 11.6 Å². The van der Waals surface area contributed by atoms with Crippen LogP contribution in [0.15, 0.2) is 12.1 Å². The molecule has 0 aliphatic carbocycles. The van der Waals surface area contributed by atoms with Crippen molar-refractivity contribution in [3.63, 3.8) is 0 Å². The number of benzene rings is 1. The highest BCUT2D eigenvalue weighted by Gasteiger charge is 2.20. The van der Waals surface area contributed by atoms with Crippen LogP contribution in [0.25, 0.3) is 0 Å². The number of rotatable bonds is 9. The standard InChI is InChI=1S/C14H16ClNO6/c1-2-21-13(18)5-3-4-8-22-12-7-6-11(16(19)20)10(9-17)14(12)15/h6-7,9H,2-5,8H2,1H3. The molecule has 0 aliphatic rings. The summed E-state index contributed by atoms with van der Waals surface area (Å²) in [7, 11) is 0. The van der Waals surface area contributed by atoms with Gasteiger partial charge in [0.15, 0.2) is 6.29 Å². The molecule has 120 valence electrons. The van der Waals surface area contributed by atoms with Crippen molar-refractivity contribution < 1.29 is 24.0 Å². The van der Waals surface area contributed by atoms with Crippen molar-refractivity contribution >= 4 is 29.5 Å². The Bertz CT molecular complexity index is 561. The summed E-state index contributed by atoms with van der Waals surface area (Å²) in [5, 5.41) is 10.7. The van der Waals surface area contributed by atoms with Gasteiger partial charge >= 0.3 is 5.97 Å². The first kappa shape index (κ1) is 17.9. The lowest BCUT2D eigenvalue weighted by atomic mass is 10.2. The van der Waals surface area contributed by atoms with Gasteiger partial charge in [0.25, 0.3) is 5.69 Å². The van der Waals surface area contributed by atoms with Crippen LogP contribution in [0.3, 0.4) is 0 Å². The van der Waals surface area contributed by atoms with E-state index >= 15 is 0 Å². The van der Waals surface area contributed by atoms with Gasteiger partial charge < -0.3 is 9.47 Å². The van der Waals surface area contributed by atoms with Gasteiger partial charge in [-0.2, -0.15) is 0 Å². The van der Waals surface area contributed by atoms with Crippen molar-refractivity contribution in [2.45, 2.75) is 26.2 Å². The van der Waals surface area contributed by atoms with Gasteiger partial charge in [0, 0.05) is 12.5 Å². The van der Waals surface area contributed by atoms with Crippen LogP contribution >= 0.6 is 11.6 Å². The molecular formula is C14H16ClNO6. The number of nitrogens with zero attached hydrogens (tertiary/aromatic N) is 1. The van der Waals surface area contributed by atoms with Crippen LogP contribution in [0.5, 0.6) is 5.75 Å². The number of nitro benzene ring substituents is 1. The lowest BCUT2D eigenvalue weighted by molar-refractivity contribution is -0.385. The smallest absolute Gasteiger partial charge is 0.305 e. The molecule has 1 aromatic rings. The molecule has 1 aromatic carbocycles. The van der Waals surface area contributed by atoms with Crippen LogP contribution in [-0.4, -0.2) is 30.4 Å². The fraction of sp³-hybridized carbons (Fsp3) is 0.429. The summed E-state index contributed by atoms with van der Waals surface area (Å²) in [5.41, 5.74) is -0.578. The van der Waals surface area contributed by atoms with Crippen LogP contribution < -0.4 is 4.74 Å². The maximum Gasteiger partial charge on any atom is 0.305 e. The van der Waals surface area contributed by atoms with E-state index in [9.17, 15) is 19.7 Å². The van der Waals surface area contributed by atoms with Crippen molar-refractivity contribution in [1.29, 1.82) is 0 Å². The van der Waals surface area contributed by atoms with Crippen LogP contribution in [0, 0.1) is 10.1 Å². The Balaban J connectivity index is 2.55. The molecule has 0 amide bonds. The molecule has 0 spiro atoms. The minimum atomic E-state index is -0.682. The predicted molar refractivity (Wildman–Crippen MR) is 79.5 cm³/mol. The first-order chi connectivity index (χ1) is 10.5. The largest absolute Gasteiger partial charge is 0.492 e. The molecule has 7 nitrogen and oxygen atoms in total. The number of unbranched alkanes of at least 4 members (excludes halogenated alkanes) is 1. The summed E-state index contributed by atoms with van der Waals surface area (Å²) in [6, 6.07) is 2.52. The van der Waals surface area contributed by atoms with Gasteiger partial charge in [0.2, 0.25) is 0 Å². The van der Waals surface area contributed by atoms with Gasteiger partial charge in [-0.05, 0) is 25.8 Å². The van der Waals surface area contributed by atoms with Crippen molar-refractivity contribution in [2.24, 2.45) is 0 Å². The summed E-state index contributed by atoms with van der Waals surface area (Å²) in [4.78, 5) is 32.1. The van der Waals surface area contributed by atoms with E-state index in [2.05, 4.69) is 0 Å². The molecule has 22 heavy (non-hydrogen) atoms. The lowest BCUT2D eigenvalue weighted by Gasteiger charge is -2.09. The Morgan fingerprint density at radius 3 is 2.73 bits per heavy atom. The molecule has 0 atom stereocenters. The number of carbonyl (C=O) groups excluding carboxylic acids is 2. The molecule has 0 unspecified atom stereocenters. The maximum atomic E-state index is 11.1. The highest BCUT2D eigenvalue weighted by molar-refractivity contribution is 6.34. The average Bonchev–Trinajstić information content (AvgIpc) is 2.48. The summed E-state index contributed by atoms with van der Waals surface area (Å²) in [5.74, 6) is -0.0652. The van der Waals surface area contributed by atoms with Crippen molar-refractivity contribution in [2.75, 3.05) is 13.2 Å². The highest BCUT2D eigenvalue weighted by Crippen LogP contribution is 2.33. The first-order valence-corrected chi connectivity index (χ1v) is 7.09. The fourth-order valence-electron chi connectivity index (χ4n) is 1.73. The maximum absolute atomic E-state index is 11.1. The molecule has 0 heterocycles. The minimum Gasteiger partial charge on any atom is -0.492 e. The van der Waals surface area contributed by atoms with E-state index in [-0.39, 0.29) is 34.6 Å². The summed E-state index contributed by atoms with van der Waals surface area (Å²) >= 11 is 5.93. The van der Waals surface area contributed by atoms with E-state index in [0.29, 0.717) is 32.2 Å². The monoisotopic (exact) mass is 329 g/mol. The molecule has 0 bridgehead atoms. The Labute approximate surface area is 132 Å². The highest BCUT2D eigenvalue weighted by atomic mass is 35.5. The van der Waals surface area contributed by atoms with E-state index in [1.54, 1.807) is 6.92 Å². The third kappa shape index (κ3) is 5.00. The quantitative estimate of drug-likeness (QED) is 0.227. The third-order valence-corrected chi connectivity index (χ3v) is 3.16. The van der Waals surface area contributed by atoms with Gasteiger partial charge in [-0.25, -0.2) is 0 Å². The number of carbonyl (C=O) groups is 2. The number of aldehydes is 1. The first-order valence-electron chi connectivity index (χ1n) is 6.71. The Morgan fingerprint density at radius 2 is 2.14 bits per heavy atom. The van der Waals surface area contributed by atoms with E-state index in [4.69, 9.17) is 21.1 Å². The Kier molecular flexibility index (Phi) is 7.31. The zero-order chi connectivity index (χ0) is 16.5. The Hall–Kier alpha value is -2.15. The van der Waals surface area contributed by atoms with Gasteiger partial charge in [0.1, 0.15) is 16.3 Å². The van der Waals surface area contributed by atoms with Crippen LogP contribution in [0.1, 0.15) is 36.5 Å². The number of ether oxygens (including phenoxy) is 2. The molecule has 1 rings (SSSR count). The zero-order valence-corrected chi connectivity index (χ0v) is 12.8. The second kappa shape index (κ2) is 8.99. The number of hydrogen-bond donors (Lipinski definition) is 0. The van der Waals surface area contributed by atoms with E-state index in [1.807, 2.05) is 0 Å². The normalized spacial score (nSPS) is 10.1. The molecule has 8 heteroatoms. The van der Waals surface area contributed by atoms with Crippen molar-refractivity contribution in [3.05, 3.63) is 32.8 Å². The molecular weight excluding hydrogens is 314 g/mol. The molecule has 0 fully saturated rings. The molecule has 0 aliphatic heterocycles. The van der Waals surface area contributed by atoms with Gasteiger partial charge in [0.05, 0.1) is 18.1 Å². The average molecular weight is 330 g/mol. The lowest BCUT2D eigenvalue weighted by Crippen LogP contribution is -2.05. The SMILES string of the molecule is CCOC(=O)CCCCOc1ccc([N+](=O)[O-])c(C=O)c1Cl. The number of halogens is 1. The second-order valence-corrected chi connectivity index (χ2v) is 4.67. The van der Waals surface area contributed by atoms with Gasteiger partial charge in [-0.3, -0.25) is 19.7 Å². The fourth-order valence-corrected chi connectivity index (χ4v) is 1.99. The molecule has 0 aromatic heterocycles.